The van der Waals surface area contributed by atoms with Gasteiger partial charge in [0.25, 0.3) is 0 Å². The van der Waals surface area contributed by atoms with Gasteiger partial charge in [0, 0.05) is 13.6 Å². The van der Waals surface area contributed by atoms with E-state index < -0.39 is 14.2 Å². The molecule has 0 aliphatic carbocycles. The molecule has 130 valence electrons. The maximum absolute atomic E-state index is 11.0. The first-order valence-corrected chi connectivity index (χ1v) is 12.2. The van der Waals surface area contributed by atoms with Crippen molar-refractivity contribution in [3.63, 3.8) is 0 Å². The van der Waals surface area contributed by atoms with Crippen molar-refractivity contribution in [1.82, 2.24) is 0 Å². The standard InChI is InChI=1S/C18H30O4Si/c1-6-8-9-14-12-13(10-11-23(3,4)5)15(7-2)16(19)17(14)22-18(20)21/h12,19H,6-11H2,1-5H3,(H,20,21). The zero-order valence-corrected chi connectivity index (χ0v) is 16.0. The van der Waals surface area contributed by atoms with Gasteiger partial charge in [-0.2, -0.15) is 0 Å². The summed E-state index contributed by atoms with van der Waals surface area (Å²) < 4.78 is 4.89. The second-order valence-electron chi connectivity index (χ2n) is 7.24. The Labute approximate surface area is 140 Å². The Morgan fingerprint density at radius 2 is 1.83 bits per heavy atom. The third-order valence-corrected chi connectivity index (χ3v) is 5.77. The molecule has 0 bridgehead atoms. The van der Waals surface area contributed by atoms with Crippen LogP contribution in [0.25, 0.3) is 0 Å². The molecule has 0 radical (unpaired) electrons. The molecule has 2 N–H and O–H groups in total. The predicted octanol–water partition coefficient (Wildman–Crippen LogP) is 5.23. The number of phenolic OH excluding ortho intramolecular Hbond substituents is 1. The highest BCUT2D eigenvalue weighted by Crippen LogP contribution is 2.38. The van der Waals surface area contributed by atoms with Crippen molar-refractivity contribution in [1.29, 1.82) is 0 Å². The van der Waals surface area contributed by atoms with Crippen LogP contribution in [-0.4, -0.2) is 24.4 Å². The van der Waals surface area contributed by atoms with Gasteiger partial charge in [-0.1, -0.05) is 52.0 Å². The Morgan fingerprint density at radius 3 is 2.30 bits per heavy atom. The van der Waals surface area contributed by atoms with E-state index in [0.29, 0.717) is 6.42 Å². The van der Waals surface area contributed by atoms with Crippen LogP contribution in [0, 0.1) is 0 Å². The van der Waals surface area contributed by atoms with Gasteiger partial charge in [0.05, 0.1) is 0 Å². The molecule has 0 saturated carbocycles. The molecule has 0 heterocycles. The minimum absolute atomic E-state index is 0.00841. The summed E-state index contributed by atoms with van der Waals surface area (Å²) in [5, 5.41) is 19.5. The molecule has 4 nitrogen and oxygen atoms in total. The van der Waals surface area contributed by atoms with Crippen molar-refractivity contribution in [3.8, 4) is 11.5 Å². The second-order valence-corrected chi connectivity index (χ2v) is 12.9. The van der Waals surface area contributed by atoms with E-state index >= 15 is 0 Å². The van der Waals surface area contributed by atoms with Gasteiger partial charge in [-0.05, 0) is 36.8 Å². The Morgan fingerprint density at radius 1 is 1.17 bits per heavy atom. The van der Waals surface area contributed by atoms with Crippen LogP contribution in [0.1, 0.15) is 43.4 Å². The molecular formula is C18H30O4Si. The van der Waals surface area contributed by atoms with Gasteiger partial charge in [0.15, 0.2) is 11.5 Å². The summed E-state index contributed by atoms with van der Waals surface area (Å²) in [5.74, 6) is 0.133. The molecule has 1 aromatic carbocycles. The maximum atomic E-state index is 11.0. The van der Waals surface area contributed by atoms with Crippen LogP contribution < -0.4 is 4.74 Å². The van der Waals surface area contributed by atoms with Gasteiger partial charge in [-0.15, -0.1) is 0 Å². The molecule has 5 heteroatoms. The fraction of sp³-hybridized carbons (Fsp3) is 0.611. The summed E-state index contributed by atoms with van der Waals surface area (Å²) in [5.41, 5.74) is 2.76. The van der Waals surface area contributed by atoms with E-state index in [0.717, 1.165) is 48.4 Å². The molecule has 1 rings (SSSR count). The molecule has 0 fully saturated rings. The summed E-state index contributed by atoms with van der Waals surface area (Å²) in [6.45, 7) is 11.1. The molecule has 1 aromatic rings. The lowest BCUT2D eigenvalue weighted by Gasteiger charge is -2.20. The van der Waals surface area contributed by atoms with E-state index in [2.05, 4.69) is 26.6 Å². The van der Waals surface area contributed by atoms with Crippen molar-refractivity contribution in [2.24, 2.45) is 0 Å². The lowest BCUT2D eigenvalue weighted by molar-refractivity contribution is 0.142. The van der Waals surface area contributed by atoms with Crippen molar-refractivity contribution >= 4 is 14.2 Å². The molecule has 0 aliphatic heterocycles. The number of rotatable bonds is 8. The van der Waals surface area contributed by atoms with Crippen molar-refractivity contribution in [3.05, 3.63) is 22.8 Å². The number of hydrogen-bond acceptors (Lipinski definition) is 3. The number of carbonyl (C=O) groups is 1. The molecule has 0 spiro atoms. The number of unbranched alkanes of at least 4 members (excludes halogenated alkanes) is 1. The number of carboxylic acid groups (broad SMARTS) is 1. The van der Waals surface area contributed by atoms with Gasteiger partial charge in [0.2, 0.25) is 0 Å². The maximum Gasteiger partial charge on any atom is 0.511 e. The molecular weight excluding hydrogens is 308 g/mol. The van der Waals surface area contributed by atoms with Crippen molar-refractivity contribution < 1.29 is 19.7 Å². The van der Waals surface area contributed by atoms with E-state index in [1.165, 1.54) is 0 Å². The lowest BCUT2D eigenvalue weighted by Crippen LogP contribution is -2.20. The van der Waals surface area contributed by atoms with Gasteiger partial charge < -0.3 is 14.9 Å². The molecule has 0 atom stereocenters. The van der Waals surface area contributed by atoms with Crippen LogP contribution in [0.4, 0.5) is 4.79 Å². The van der Waals surface area contributed by atoms with Crippen molar-refractivity contribution in [2.45, 2.75) is 71.6 Å². The topological polar surface area (TPSA) is 66.8 Å². The van der Waals surface area contributed by atoms with Gasteiger partial charge >= 0.3 is 6.16 Å². The van der Waals surface area contributed by atoms with E-state index in [9.17, 15) is 9.90 Å². The normalized spacial score (nSPS) is 11.5. The fourth-order valence-corrected chi connectivity index (χ4v) is 3.70. The van der Waals surface area contributed by atoms with Crippen LogP contribution in [0.5, 0.6) is 11.5 Å². The summed E-state index contributed by atoms with van der Waals surface area (Å²) >= 11 is 0. The Bertz CT molecular complexity index is 547. The average Bonchev–Trinajstić information content (AvgIpc) is 2.44. The largest absolute Gasteiger partial charge is 0.511 e. The summed E-state index contributed by atoms with van der Waals surface area (Å²) in [6.07, 6.45) is 2.88. The number of benzene rings is 1. The zero-order valence-electron chi connectivity index (χ0n) is 15.0. The quantitative estimate of drug-likeness (QED) is 0.387. The van der Waals surface area contributed by atoms with E-state index in [-0.39, 0.29) is 11.5 Å². The van der Waals surface area contributed by atoms with Crippen LogP contribution in [-0.2, 0) is 19.3 Å². The highest BCUT2D eigenvalue weighted by molar-refractivity contribution is 6.76. The van der Waals surface area contributed by atoms with E-state index in [1.54, 1.807) is 0 Å². The fourth-order valence-electron chi connectivity index (χ4n) is 2.69. The third-order valence-electron chi connectivity index (χ3n) is 4.02. The Kier molecular flexibility index (Phi) is 7.13. The SMILES string of the molecule is CCCCc1cc(CC[Si](C)(C)C)c(CC)c(O)c1OC(=O)O. The summed E-state index contributed by atoms with van der Waals surface area (Å²) in [4.78, 5) is 11.0. The van der Waals surface area contributed by atoms with Crippen LogP contribution in [0.3, 0.4) is 0 Å². The molecule has 0 aromatic heterocycles. The summed E-state index contributed by atoms with van der Waals surface area (Å²) in [7, 11) is -1.18. The summed E-state index contributed by atoms with van der Waals surface area (Å²) in [6, 6.07) is 3.19. The number of phenols is 1. The highest BCUT2D eigenvalue weighted by atomic mass is 28.3. The first-order valence-electron chi connectivity index (χ1n) is 8.47. The number of ether oxygens (including phenoxy) is 1. The van der Waals surface area contributed by atoms with Gasteiger partial charge in [-0.3, -0.25) is 0 Å². The minimum atomic E-state index is -1.38. The predicted molar refractivity (Wildman–Crippen MR) is 96.6 cm³/mol. The van der Waals surface area contributed by atoms with E-state index in [4.69, 9.17) is 9.84 Å². The lowest BCUT2D eigenvalue weighted by atomic mass is 9.95. The Hall–Kier alpha value is -1.49. The van der Waals surface area contributed by atoms with Gasteiger partial charge in [0.1, 0.15) is 0 Å². The monoisotopic (exact) mass is 338 g/mol. The first-order chi connectivity index (χ1) is 10.7. The Balaban J connectivity index is 3.29. The smallest absolute Gasteiger partial charge is 0.504 e. The van der Waals surface area contributed by atoms with Crippen LogP contribution in [0.2, 0.25) is 25.7 Å². The third kappa shape index (κ3) is 5.90. The van der Waals surface area contributed by atoms with Crippen LogP contribution in [0.15, 0.2) is 6.07 Å². The first kappa shape index (κ1) is 19.6. The van der Waals surface area contributed by atoms with E-state index in [1.807, 2.05) is 13.0 Å². The van der Waals surface area contributed by atoms with Crippen molar-refractivity contribution in [2.75, 3.05) is 0 Å². The molecule has 23 heavy (non-hydrogen) atoms. The average molecular weight is 339 g/mol. The second kappa shape index (κ2) is 8.38. The van der Waals surface area contributed by atoms with Crippen LogP contribution >= 0.6 is 0 Å². The number of aromatic hydroxyl groups is 1. The molecule has 0 aliphatic rings. The number of aryl methyl sites for hydroxylation is 2. The molecule has 0 saturated heterocycles. The highest BCUT2D eigenvalue weighted by Gasteiger charge is 2.21. The molecule has 0 unspecified atom stereocenters. The number of hydrogen-bond donors (Lipinski definition) is 2. The molecule has 0 amide bonds. The zero-order chi connectivity index (χ0) is 17.6. The van der Waals surface area contributed by atoms with Gasteiger partial charge in [-0.25, -0.2) is 4.79 Å². The minimum Gasteiger partial charge on any atom is -0.504 e.